The van der Waals surface area contributed by atoms with Gasteiger partial charge in [-0.3, -0.25) is 4.79 Å². The van der Waals surface area contributed by atoms with E-state index < -0.39 is 10.0 Å². The molecule has 0 aliphatic carbocycles. The third-order valence-corrected chi connectivity index (χ3v) is 5.26. The minimum atomic E-state index is -3.81. The van der Waals surface area contributed by atoms with E-state index in [4.69, 9.17) is 5.14 Å². The van der Waals surface area contributed by atoms with E-state index in [1.165, 1.54) is 23.9 Å². The van der Waals surface area contributed by atoms with Crippen LogP contribution in [0.2, 0.25) is 0 Å². The lowest BCUT2D eigenvalue weighted by Crippen LogP contribution is -2.17. The summed E-state index contributed by atoms with van der Waals surface area (Å²) in [6.07, 6.45) is 0. The Labute approximate surface area is 140 Å². The molecule has 0 fully saturated rings. The second-order valence-electron chi connectivity index (χ2n) is 5.11. The fourth-order valence-electron chi connectivity index (χ4n) is 1.97. The molecule has 7 heteroatoms. The Kier molecular flexibility index (Phi) is 5.46. The Hall–Kier alpha value is -1.83. The number of sulfonamides is 1. The van der Waals surface area contributed by atoms with Crippen molar-refractivity contribution in [2.45, 2.75) is 23.6 Å². The molecule has 0 saturated carbocycles. The molecular formula is C16H18N2O3S2. The largest absolute Gasteiger partial charge is 0.325 e. The summed E-state index contributed by atoms with van der Waals surface area (Å²) in [5.74, 6) is 0.0372. The van der Waals surface area contributed by atoms with Crippen LogP contribution in [-0.2, 0) is 14.8 Å². The Morgan fingerprint density at radius 3 is 2.43 bits per heavy atom. The van der Waals surface area contributed by atoms with Gasteiger partial charge in [-0.15, -0.1) is 11.8 Å². The number of amides is 1. The van der Waals surface area contributed by atoms with E-state index in [0.717, 1.165) is 16.0 Å². The van der Waals surface area contributed by atoms with Gasteiger partial charge < -0.3 is 5.32 Å². The van der Waals surface area contributed by atoms with Crippen LogP contribution in [0.15, 0.2) is 52.3 Å². The SMILES string of the molecule is Cc1cc(S(N)(=O)=O)cc(NC(=O)CSc2ccccc2)c1C. The van der Waals surface area contributed by atoms with Crippen LogP contribution in [0.5, 0.6) is 0 Å². The lowest BCUT2D eigenvalue weighted by atomic mass is 10.1. The highest BCUT2D eigenvalue weighted by Gasteiger charge is 2.14. The van der Waals surface area contributed by atoms with Crippen LogP contribution in [0.3, 0.4) is 0 Å². The van der Waals surface area contributed by atoms with E-state index in [9.17, 15) is 13.2 Å². The Bertz CT molecular complexity index is 819. The lowest BCUT2D eigenvalue weighted by Gasteiger charge is -2.12. The summed E-state index contributed by atoms with van der Waals surface area (Å²) in [4.78, 5) is 13.1. The molecule has 0 aliphatic heterocycles. The predicted octanol–water partition coefficient (Wildman–Crippen LogP) is 2.68. The highest BCUT2D eigenvalue weighted by molar-refractivity contribution is 8.00. The summed E-state index contributed by atoms with van der Waals surface area (Å²) in [5.41, 5.74) is 2.03. The first-order valence-corrected chi connectivity index (χ1v) is 9.42. The predicted molar refractivity (Wildman–Crippen MR) is 93.1 cm³/mol. The molecule has 0 unspecified atom stereocenters. The van der Waals surface area contributed by atoms with Gasteiger partial charge in [-0.2, -0.15) is 0 Å². The van der Waals surface area contributed by atoms with Gasteiger partial charge in [0.2, 0.25) is 15.9 Å². The van der Waals surface area contributed by atoms with Crippen LogP contribution in [0, 0.1) is 13.8 Å². The van der Waals surface area contributed by atoms with Crippen molar-refractivity contribution in [3.63, 3.8) is 0 Å². The first kappa shape index (κ1) is 17.5. The molecule has 0 aliphatic rings. The number of nitrogens with one attached hydrogen (secondary N) is 1. The molecule has 0 aromatic heterocycles. The van der Waals surface area contributed by atoms with E-state index in [-0.39, 0.29) is 16.6 Å². The Morgan fingerprint density at radius 2 is 1.83 bits per heavy atom. The molecule has 0 heterocycles. The summed E-state index contributed by atoms with van der Waals surface area (Å²) in [7, 11) is -3.81. The van der Waals surface area contributed by atoms with Crippen LogP contribution >= 0.6 is 11.8 Å². The van der Waals surface area contributed by atoms with E-state index >= 15 is 0 Å². The zero-order valence-electron chi connectivity index (χ0n) is 12.9. The number of primary sulfonamides is 1. The van der Waals surface area contributed by atoms with Crippen LogP contribution in [0.4, 0.5) is 5.69 Å². The standard InChI is InChI=1S/C16H18N2O3S2/c1-11-8-14(23(17,20)21)9-15(12(11)2)18-16(19)10-22-13-6-4-3-5-7-13/h3-9H,10H2,1-2H3,(H,18,19)(H2,17,20,21). The van der Waals surface area contributed by atoms with Crippen LogP contribution in [0.1, 0.15) is 11.1 Å². The van der Waals surface area contributed by atoms with Crippen molar-refractivity contribution in [3.8, 4) is 0 Å². The van der Waals surface area contributed by atoms with E-state index in [1.807, 2.05) is 37.3 Å². The number of carbonyl (C=O) groups excluding carboxylic acids is 1. The number of rotatable bonds is 5. The molecule has 122 valence electrons. The second-order valence-corrected chi connectivity index (χ2v) is 7.72. The van der Waals surface area contributed by atoms with Gasteiger partial charge >= 0.3 is 0 Å². The van der Waals surface area contributed by atoms with Crippen molar-refractivity contribution in [1.29, 1.82) is 0 Å². The van der Waals surface area contributed by atoms with Crippen molar-refractivity contribution in [3.05, 3.63) is 53.6 Å². The van der Waals surface area contributed by atoms with Crippen molar-refractivity contribution >= 4 is 33.4 Å². The highest BCUT2D eigenvalue weighted by Crippen LogP contribution is 2.24. The minimum Gasteiger partial charge on any atom is -0.325 e. The van der Waals surface area contributed by atoms with Gasteiger partial charge in [0.1, 0.15) is 0 Å². The van der Waals surface area contributed by atoms with Gasteiger partial charge in [0.15, 0.2) is 0 Å². The number of nitrogens with two attached hydrogens (primary N) is 1. The number of anilines is 1. The smallest absolute Gasteiger partial charge is 0.238 e. The number of hydrogen-bond donors (Lipinski definition) is 2. The van der Waals surface area contributed by atoms with Gasteiger partial charge in [0.25, 0.3) is 0 Å². The van der Waals surface area contributed by atoms with Gasteiger partial charge in [0, 0.05) is 10.6 Å². The fourth-order valence-corrected chi connectivity index (χ4v) is 3.31. The molecule has 0 atom stereocenters. The number of thioether (sulfide) groups is 1. The molecule has 0 saturated heterocycles. The molecule has 2 aromatic rings. The summed E-state index contributed by atoms with van der Waals surface area (Å²) >= 11 is 1.41. The van der Waals surface area contributed by atoms with Crippen LogP contribution < -0.4 is 10.5 Å². The molecule has 2 aromatic carbocycles. The number of aryl methyl sites for hydroxylation is 1. The number of hydrogen-bond acceptors (Lipinski definition) is 4. The fraction of sp³-hybridized carbons (Fsp3) is 0.188. The maximum absolute atomic E-state index is 12.1. The van der Waals surface area contributed by atoms with Gasteiger partial charge in [-0.05, 0) is 49.2 Å². The lowest BCUT2D eigenvalue weighted by molar-refractivity contribution is -0.113. The molecule has 1 amide bonds. The zero-order chi connectivity index (χ0) is 17.0. The first-order chi connectivity index (χ1) is 10.8. The molecule has 23 heavy (non-hydrogen) atoms. The third-order valence-electron chi connectivity index (χ3n) is 3.36. The molecule has 0 spiro atoms. The average molecular weight is 350 g/mol. The topological polar surface area (TPSA) is 89.3 Å². The second kappa shape index (κ2) is 7.16. The third kappa shape index (κ3) is 4.82. The van der Waals surface area contributed by atoms with Crippen molar-refractivity contribution in [2.24, 2.45) is 5.14 Å². The summed E-state index contributed by atoms with van der Waals surface area (Å²) < 4.78 is 23.0. The van der Waals surface area contributed by atoms with E-state index in [2.05, 4.69) is 5.32 Å². The molecular weight excluding hydrogens is 332 g/mol. The highest BCUT2D eigenvalue weighted by atomic mass is 32.2. The molecule has 0 bridgehead atoms. The Balaban J connectivity index is 2.13. The minimum absolute atomic E-state index is 0.00777. The zero-order valence-corrected chi connectivity index (χ0v) is 14.5. The number of benzene rings is 2. The summed E-state index contributed by atoms with van der Waals surface area (Å²) in [6.45, 7) is 3.60. The normalized spacial score (nSPS) is 11.3. The maximum Gasteiger partial charge on any atom is 0.238 e. The van der Waals surface area contributed by atoms with Crippen molar-refractivity contribution in [2.75, 3.05) is 11.1 Å². The molecule has 0 radical (unpaired) electrons. The van der Waals surface area contributed by atoms with Crippen molar-refractivity contribution in [1.82, 2.24) is 0 Å². The monoisotopic (exact) mass is 350 g/mol. The molecule has 2 rings (SSSR count). The average Bonchev–Trinajstić information content (AvgIpc) is 2.49. The van der Waals surface area contributed by atoms with Crippen molar-refractivity contribution < 1.29 is 13.2 Å². The molecule has 3 N–H and O–H groups in total. The molecule has 5 nitrogen and oxygen atoms in total. The number of carbonyl (C=O) groups is 1. The van der Waals surface area contributed by atoms with Crippen LogP contribution in [0.25, 0.3) is 0 Å². The Morgan fingerprint density at radius 1 is 1.17 bits per heavy atom. The first-order valence-electron chi connectivity index (χ1n) is 6.89. The summed E-state index contributed by atoms with van der Waals surface area (Å²) in [5, 5.41) is 7.92. The van der Waals surface area contributed by atoms with E-state index in [0.29, 0.717) is 5.69 Å². The van der Waals surface area contributed by atoms with E-state index in [1.54, 1.807) is 6.92 Å². The quantitative estimate of drug-likeness (QED) is 0.811. The van der Waals surface area contributed by atoms with Gasteiger partial charge in [-0.1, -0.05) is 18.2 Å². The van der Waals surface area contributed by atoms with Crippen LogP contribution in [-0.4, -0.2) is 20.1 Å². The summed E-state index contributed by atoms with van der Waals surface area (Å²) in [6, 6.07) is 12.5. The van der Waals surface area contributed by atoms with Gasteiger partial charge in [-0.25, -0.2) is 13.6 Å². The maximum atomic E-state index is 12.1. The van der Waals surface area contributed by atoms with Gasteiger partial charge in [0.05, 0.1) is 10.6 Å².